The molecule has 1 fully saturated rings. The number of aromatic amines is 1. The zero-order valence-electron chi connectivity index (χ0n) is 10.1. The number of rotatable bonds is 4. The summed E-state index contributed by atoms with van der Waals surface area (Å²) < 4.78 is 0. The number of H-pyrrole nitrogens is 1. The summed E-state index contributed by atoms with van der Waals surface area (Å²) in [6.45, 7) is 0.676. The Morgan fingerprint density at radius 1 is 1.56 bits per heavy atom. The van der Waals surface area contributed by atoms with E-state index in [0.29, 0.717) is 6.54 Å². The zero-order valence-corrected chi connectivity index (χ0v) is 10.1. The van der Waals surface area contributed by atoms with Crippen LogP contribution in [0, 0.1) is 0 Å². The molecule has 1 saturated heterocycles. The lowest BCUT2D eigenvalue weighted by atomic mass is 10.1. The Kier molecular flexibility index (Phi) is 3.66. The van der Waals surface area contributed by atoms with Crippen molar-refractivity contribution in [2.45, 2.75) is 31.3 Å². The van der Waals surface area contributed by atoms with Crippen molar-refractivity contribution in [1.29, 1.82) is 0 Å². The molecule has 2 rings (SSSR count). The van der Waals surface area contributed by atoms with Crippen LogP contribution in [0.5, 0.6) is 0 Å². The summed E-state index contributed by atoms with van der Waals surface area (Å²) in [5, 5.41) is 0. The highest BCUT2D eigenvalue weighted by Gasteiger charge is 2.33. The molecule has 0 aliphatic carbocycles. The Hall–Kier alpha value is -1.82. The third kappa shape index (κ3) is 2.53. The van der Waals surface area contributed by atoms with E-state index in [1.165, 1.54) is 0 Å². The lowest BCUT2D eigenvalue weighted by Gasteiger charge is -2.26. The highest BCUT2D eigenvalue weighted by molar-refractivity contribution is 5.88. The molecule has 2 unspecified atom stereocenters. The minimum absolute atomic E-state index is 0.0337. The van der Waals surface area contributed by atoms with Gasteiger partial charge in [-0.3, -0.25) is 9.59 Å². The molecule has 1 aliphatic heterocycles. The molecule has 0 spiro atoms. The maximum Gasteiger partial charge on any atom is 0.240 e. The van der Waals surface area contributed by atoms with Crippen molar-refractivity contribution in [1.82, 2.24) is 9.88 Å². The minimum atomic E-state index is -0.835. The number of nitrogens with two attached hydrogens (primary N) is 2. The lowest BCUT2D eigenvalue weighted by Crippen LogP contribution is -2.45. The van der Waals surface area contributed by atoms with E-state index in [2.05, 4.69) is 4.98 Å². The number of hydrogen-bond donors (Lipinski definition) is 3. The van der Waals surface area contributed by atoms with E-state index in [4.69, 9.17) is 11.5 Å². The van der Waals surface area contributed by atoms with Gasteiger partial charge in [-0.25, -0.2) is 0 Å². The molecular formula is C12H18N4O2. The average molecular weight is 250 g/mol. The van der Waals surface area contributed by atoms with E-state index in [1.54, 1.807) is 4.90 Å². The first-order valence-electron chi connectivity index (χ1n) is 6.07. The molecule has 6 heteroatoms. The van der Waals surface area contributed by atoms with Crippen LogP contribution in [-0.2, 0) is 9.59 Å². The molecule has 6 nitrogen and oxygen atoms in total. The summed E-state index contributed by atoms with van der Waals surface area (Å²) in [7, 11) is 0. The van der Waals surface area contributed by atoms with Crippen LogP contribution in [0.25, 0.3) is 0 Å². The van der Waals surface area contributed by atoms with Crippen LogP contribution in [-0.4, -0.2) is 34.3 Å². The van der Waals surface area contributed by atoms with E-state index < -0.39 is 11.9 Å². The molecule has 0 saturated carbocycles. The molecule has 0 radical (unpaired) electrons. The number of carbonyl (C=O) groups is 2. The first-order valence-corrected chi connectivity index (χ1v) is 6.07. The summed E-state index contributed by atoms with van der Waals surface area (Å²) in [4.78, 5) is 27.8. The van der Waals surface area contributed by atoms with E-state index in [9.17, 15) is 9.59 Å². The minimum Gasteiger partial charge on any atom is -0.370 e. The van der Waals surface area contributed by atoms with Gasteiger partial charge in [0.25, 0.3) is 0 Å². The third-order valence-electron chi connectivity index (χ3n) is 3.26. The number of carbonyl (C=O) groups excluding carboxylic acids is 2. The van der Waals surface area contributed by atoms with Crippen molar-refractivity contribution >= 4 is 11.8 Å². The number of nitrogens with zero attached hydrogens (tertiary/aromatic N) is 1. The van der Waals surface area contributed by atoms with Crippen LogP contribution in [0.2, 0.25) is 0 Å². The fourth-order valence-corrected chi connectivity index (χ4v) is 2.42. The van der Waals surface area contributed by atoms with Crippen molar-refractivity contribution < 1.29 is 9.59 Å². The van der Waals surface area contributed by atoms with Gasteiger partial charge >= 0.3 is 0 Å². The predicted molar refractivity (Wildman–Crippen MR) is 66.3 cm³/mol. The van der Waals surface area contributed by atoms with Gasteiger partial charge in [-0.1, -0.05) is 0 Å². The summed E-state index contributed by atoms with van der Waals surface area (Å²) >= 11 is 0. The summed E-state index contributed by atoms with van der Waals surface area (Å²) in [6.07, 6.45) is 3.58. The number of primary amides is 1. The van der Waals surface area contributed by atoms with Crippen LogP contribution < -0.4 is 11.5 Å². The fraction of sp³-hybridized carbons (Fsp3) is 0.500. The summed E-state index contributed by atoms with van der Waals surface area (Å²) in [5.74, 6) is -0.752. The van der Waals surface area contributed by atoms with E-state index in [1.807, 2.05) is 18.3 Å². The number of aromatic nitrogens is 1. The van der Waals surface area contributed by atoms with Crippen LogP contribution in [0.3, 0.4) is 0 Å². The zero-order chi connectivity index (χ0) is 13.1. The van der Waals surface area contributed by atoms with Gasteiger partial charge in [0.1, 0.15) is 0 Å². The van der Waals surface area contributed by atoms with E-state index >= 15 is 0 Å². The molecule has 2 amide bonds. The monoisotopic (exact) mass is 250 g/mol. The van der Waals surface area contributed by atoms with Crippen molar-refractivity contribution in [2.75, 3.05) is 6.54 Å². The first-order chi connectivity index (χ1) is 8.59. The first kappa shape index (κ1) is 12.6. The predicted octanol–water partition coefficient (Wildman–Crippen LogP) is -0.119. The maximum absolute atomic E-state index is 12.2. The van der Waals surface area contributed by atoms with Crippen LogP contribution in [0.4, 0.5) is 0 Å². The molecule has 2 atom stereocenters. The Balaban J connectivity index is 2.07. The molecular weight excluding hydrogens is 232 g/mol. The number of nitrogens with one attached hydrogen (secondary N) is 1. The lowest BCUT2D eigenvalue weighted by molar-refractivity contribution is -0.135. The SMILES string of the molecule is NC(=O)CC(N)C(=O)N1CCCC1c1ccc[nH]1. The van der Waals surface area contributed by atoms with Gasteiger partial charge in [-0.15, -0.1) is 0 Å². The average Bonchev–Trinajstić information content (AvgIpc) is 2.97. The highest BCUT2D eigenvalue weighted by atomic mass is 16.2. The maximum atomic E-state index is 12.2. The number of likely N-dealkylation sites (tertiary alicyclic amines) is 1. The summed E-state index contributed by atoms with van der Waals surface area (Å²) in [5.41, 5.74) is 11.8. The van der Waals surface area contributed by atoms with Crippen LogP contribution >= 0.6 is 0 Å². The second kappa shape index (κ2) is 5.22. The third-order valence-corrected chi connectivity index (χ3v) is 3.26. The second-order valence-corrected chi connectivity index (χ2v) is 4.59. The van der Waals surface area contributed by atoms with Gasteiger partial charge in [0, 0.05) is 18.4 Å². The van der Waals surface area contributed by atoms with E-state index in [0.717, 1.165) is 18.5 Å². The van der Waals surface area contributed by atoms with E-state index in [-0.39, 0.29) is 18.4 Å². The second-order valence-electron chi connectivity index (χ2n) is 4.59. The molecule has 18 heavy (non-hydrogen) atoms. The van der Waals surface area contributed by atoms with Crippen LogP contribution in [0.1, 0.15) is 31.0 Å². The topological polar surface area (TPSA) is 105 Å². The fourth-order valence-electron chi connectivity index (χ4n) is 2.42. The van der Waals surface area contributed by atoms with Crippen molar-refractivity contribution in [3.05, 3.63) is 24.0 Å². The molecule has 1 aromatic heterocycles. The molecule has 5 N–H and O–H groups in total. The van der Waals surface area contributed by atoms with Gasteiger partial charge in [-0.05, 0) is 25.0 Å². The number of hydrogen-bond acceptors (Lipinski definition) is 3. The van der Waals surface area contributed by atoms with Gasteiger partial charge in [0.2, 0.25) is 11.8 Å². The van der Waals surface area contributed by atoms with Gasteiger partial charge in [0.05, 0.1) is 18.5 Å². The largest absolute Gasteiger partial charge is 0.370 e. The van der Waals surface area contributed by atoms with Crippen molar-refractivity contribution in [2.24, 2.45) is 11.5 Å². The Bertz CT molecular complexity index is 429. The standard InChI is InChI=1S/C12H18N4O2/c13-8(7-11(14)17)12(18)16-6-2-4-10(16)9-3-1-5-15-9/h1,3,5,8,10,15H,2,4,6-7,13H2,(H2,14,17). The Labute approximate surface area is 105 Å². The molecule has 2 heterocycles. The summed E-state index contributed by atoms with van der Waals surface area (Å²) in [6, 6.07) is 3.06. The van der Waals surface area contributed by atoms with Crippen molar-refractivity contribution in [3.8, 4) is 0 Å². The van der Waals surface area contributed by atoms with Crippen molar-refractivity contribution in [3.63, 3.8) is 0 Å². The molecule has 98 valence electrons. The number of amides is 2. The van der Waals surface area contributed by atoms with Gasteiger partial charge in [-0.2, -0.15) is 0 Å². The Morgan fingerprint density at radius 2 is 2.33 bits per heavy atom. The smallest absolute Gasteiger partial charge is 0.240 e. The molecule has 1 aliphatic rings. The van der Waals surface area contributed by atoms with Gasteiger partial charge in [0.15, 0.2) is 0 Å². The van der Waals surface area contributed by atoms with Gasteiger partial charge < -0.3 is 21.4 Å². The molecule has 1 aromatic rings. The molecule has 0 bridgehead atoms. The van der Waals surface area contributed by atoms with Crippen LogP contribution in [0.15, 0.2) is 18.3 Å². The normalized spacial score (nSPS) is 20.9. The highest BCUT2D eigenvalue weighted by Crippen LogP contribution is 2.31. The Morgan fingerprint density at radius 3 is 2.94 bits per heavy atom. The molecule has 0 aromatic carbocycles. The quantitative estimate of drug-likeness (QED) is 0.693.